The molecule has 3 aliphatic rings. The highest BCUT2D eigenvalue weighted by molar-refractivity contribution is 6.09. The second-order valence-corrected chi connectivity index (χ2v) is 13.8. The van der Waals surface area contributed by atoms with Crippen LogP contribution >= 0.6 is 0 Å². The molecule has 0 bridgehead atoms. The van der Waals surface area contributed by atoms with E-state index in [1.54, 1.807) is 0 Å². The van der Waals surface area contributed by atoms with Crippen molar-refractivity contribution in [2.45, 2.75) is 25.0 Å². The van der Waals surface area contributed by atoms with Gasteiger partial charge in [-0.1, -0.05) is 127 Å². The number of hydrogen-bond donors (Lipinski definition) is 3. The molecule has 7 aromatic rings. The second kappa shape index (κ2) is 12.3. The molecule has 0 amide bonds. The number of benzene rings is 6. The van der Waals surface area contributed by atoms with E-state index in [1.165, 1.54) is 77.2 Å². The molecule has 3 N–H and O–H groups in total. The quantitative estimate of drug-likeness (QED) is 0.161. The first-order valence-electron chi connectivity index (χ1n) is 18.0. The van der Waals surface area contributed by atoms with Crippen LogP contribution in [0.3, 0.4) is 0 Å². The van der Waals surface area contributed by atoms with Gasteiger partial charge in [0.1, 0.15) is 6.17 Å². The van der Waals surface area contributed by atoms with Crippen molar-refractivity contribution in [3.63, 3.8) is 0 Å². The minimum Gasteiger partial charge on any atom is -0.387 e. The fourth-order valence-corrected chi connectivity index (χ4v) is 8.29. The number of fused-ring (bicyclic) bond motifs is 6. The number of nitrogens with one attached hydrogen (secondary N) is 3. The molecule has 4 heteroatoms. The summed E-state index contributed by atoms with van der Waals surface area (Å²) in [6.07, 6.45) is 15.4. The minimum atomic E-state index is -0.107. The average Bonchev–Trinajstić information content (AvgIpc) is 3.55. The van der Waals surface area contributed by atoms with Crippen LogP contribution < -0.4 is 16.0 Å². The fraction of sp³-hybridized carbons (Fsp3) is 0.106. The normalized spacial score (nSPS) is 18.3. The molecule has 10 rings (SSSR count). The van der Waals surface area contributed by atoms with Gasteiger partial charge in [0.2, 0.25) is 0 Å². The molecular formula is C47H38N4. The average molecular weight is 659 g/mol. The fourth-order valence-electron chi connectivity index (χ4n) is 8.29. The molecule has 0 saturated carbocycles. The summed E-state index contributed by atoms with van der Waals surface area (Å²) in [7, 11) is 0. The Labute approximate surface area is 298 Å². The lowest BCUT2D eigenvalue weighted by Crippen LogP contribution is -2.39. The number of dihydropyridines is 1. The molecule has 0 saturated heterocycles. The van der Waals surface area contributed by atoms with Gasteiger partial charge in [0, 0.05) is 40.8 Å². The third kappa shape index (κ3) is 5.19. The number of allylic oxidation sites excluding steroid dienone is 3. The van der Waals surface area contributed by atoms with E-state index in [1.807, 2.05) is 0 Å². The smallest absolute Gasteiger partial charge is 0.105 e. The van der Waals surface area contributed by atoms with Crippen LogP contribution in [0.15, 0.2) is 158 Å². The Kier molecular flexibility index (Phi) is 7.21. The standard InChI is InChI=1S/C47H38N4/c1-2-12-37-34(10-1)28-42(39-14-4-3-13-38(37)39)47-49-43(32-21-19-31(20-22-32)35-11-9-27-48-30-35)29-44(50-47)33-23-25-36(26-24-33)51-45-17-7-5-15-40(45)41-16-6-8-18-46(41)51/h1-7,9-17,19-26,28-30,44,47-50H,8,18,27H2. The lowest BCUT2D eigenvalue weighted by molar-refractivity contribution is 0.445. The molecule has 2 unspecified atom stereocenters. The van der Waals surface area contributed by atoms with Crippen LogP contribution in [0.5, 0.6) is 0 Å². The van der Waals surface area contributed by atoms with Gasteiger partial charge in [-0.25, -0.2) is 0 Å². The Morgan fingerprint density at radius 3 is 2.22 bits per heavy atom. The Morgan fingerprint density at radius 1 is 0.647 bits per heavy atom. The van der Waals surface area contributed by atoms with Crippen LogP contribution in [0.4, 0.5) is 0 Å². The molecule has 0 fully saturated rings. The molecule has 3 heterocycles. The van der Waals surface area contributed by atoms with Crippen molar-refractivity contribution in [2.24, 2.45) is 0 Å². The van der Waals surface area contributed by atoms with Crippen molar-refractivity contribution in [3.8, 4) is 5.69 Å². The van der Waals surface area contributed by atoms with Gasteiger partial charge in [-0.15, -0.1) is 0 Å². The molecule has 1 aliphatic carbocycles. The first kappa shape index (κ1) is 29.8. The highest BCUT2D eigenvalue weighted by Crippen LogP contribution is 2.38. The predicted octanol–water partition coefficient (Wildman–Crippen LogP) is 10.4. The summed E-state index contributed by atoms with van der Waals surface area (Å²) in [5.74, 6) is 0. The Hall–Kier alpha value is -6.10. The zero-order valence-corrected chi connectivity index (χ0v) is 28.3. The molecule has 0 spiro atoms. The topological polar surface area (TPSA) is 41.0 Å². The second-order valence-electron chi connectivity index (χ2n) is 13.8. The van der Waals surface area contributed by atoms with Crippen LogP contribution in [0, 0.1) is 0 Å². The summed E-state index contributed by atoms with van der Waals surface area (Å²) < 4.78 is 2.47. The van der Waals surface area contributed by atoms with E-state index in [-0.39, 0.29) is 12.2 Å². The molecule has 4 nitrogen and oxygen atoms in total. The Bertz CT molecular complexity index is 2580. The largest absolute Gasteiger partial charge is 0.387 e. The number of nitrogens with zero attached hydrogens (tertiary/aromatic N) is 1. The van der Waals surface area contributed by atoms with Crippen molar-refractivity contribution in [3.05, 3.63) is 191 Å². The van der Waals surface area contributed by atoms with Crippen molar-refractivity contribution in [1.82, 2.24) is 20.5 Å². The summed E-state index contributed by atoms with van der Waals surface area (Å²) in [6.45, 7) is 0.875. The number of rotatable bonds is 5. The lowest BCUT2D eigenvalue weighted by atomic mass is 9.93. The summed E-state index contributed by atoms with van der Waals surface area (Å²) in [5.41, 5.74) is 12.4. The third-order valence-corrected chi connectivity index (χ3v) is 10.8. The van der Waals surface area contributed by atoms with Crippen LogP contribution in [0.2, 0.25) is 0 Å². The van der Waals surface area contributed by atoms with Crippen LogP contribution in [0.25, 0.3) is 55.5 Å². The molecule has 51 heavy (non-hydrogen) atoms. The molecule has 246 valence electrons. The zero-order chi connectivity index (χ0) is 33.7. The maximum atomic E-state index is 4.01. The molecule has 0 radical (unpaired) electrons. The van der Waals surface area contributed by atoms with Crippen molar-refractivity contribution in [2.75, 3.05) is 6.54 Å². The highest BCUT2D eigenvalue weighted by atomic mass is 15.2. The van der Waals surface area contributed by atoms with E-state index < -0.39 is 0 Å². The molecule has 2 atom stereocenters. The van der Waals surface area contributed by atoms with Crippen LogP contribution in [0.1, 0.15) is 52.1 Å². The summed E-state index contributed by atoms with van der Waals surface area (Å²) >= 11 is 0. The highest BCUT2D eigenvalue weighted by Gasteiger charge is 2.26. The molecule has 2 aliphatic heterocycles. The van der Waals surface area contributed by atoms with Gasteiger partial charge >= 0.3 is 0 Å². The lowest BCUT2D eigenvalue weighted by Gasteiger charge is -2.34. The van der Waals surface area contributed by atoms with E-state index in [0.717, 1.165) is 25.1 Å². The summed E-state index contributed by atoms with van der Waals surface area (Å²) in [4.78, 5) is 0. The maximum Gasteiger partial charge on any atom is 0.105 e. The van der Waals surface area contributed by atoms with Gasteiger partial charge in [0.05, 0.1) is 11.6 Å². The van der Waals surface area contributed by atoms with Gasteiger partial charge in [-0.3, -0.25) is 5.32 Å². The molecular weight excluding hydrogens is 621 g/mol. The number of aromatic nitrogens is 1. The van der Waals surface area contributed by atoms with Crippen molar-refractivity contribution in [1.29, 1.82) is 0 Å². The first-order chi connectivity index (χ1) is 25.3. The van der Waals surface area contributed by atoms with E-state index in [4.69, 9.17) is 0 Å². The maximum absolute atomic E-state index is 4.01. The van der Waals surface area contributed by atoms with Gasteiger partial charge in [-0.2, -0.15) is 0 Å². The summed E-state index contributed by atoms with van der Waals surface area (Å²) in [6, 6.07) is 46.8. The Balaban J connectivity index is 1.07. The molecule has 6 aromatic carbocycles. The van der Waals surface area contributed by atoms with E-state index in [0.29, 0.717) is 0 Å². The van der Waals surface area contributed by atoms with Gasteiger partial charge in [-0.05, 0) is 92.6 Å². The summed E-state index contributed by atoms with van der Waals surface area (Å²) in [5, 5.41) is 17.7. The third-order valence-electron chi connectivity index (χ3n) is 10.8. The van der Waals surface area contributed by atoms with Crippen molar-refractivity contribution < 1.29 is 0 Å². The Morgan fingerprint density at radius 2 is 1.39 bits per heavy atom. The van der Waals surface area contributed by atoms with Crippen molar-refractivity contribution >= 4 is 49.8 Å². The van der Waals surface area contributed by atoms with E-state index >= 15 is 0 Å². The van der Waals surface area contributed by atoms with E-state index in [2.05, 4.69) is 184 Å². The zero-order valence-electron chi connectivity index (χ0n) is 28.3. The minimum absolute atomic E-state index is 0.00310. The van der Waals surface area contributed by atoms with Gasteiger partial charge < -0.3 is 15.2 Å². The monoisotopic (exact) mass is 658 g/mol. The number of hydrogen-bond acceptors (Lipinski definition) is 3. The SMILES string of the molecule is C1=Cc2c(n(-c3ccc(C4C=C(c5ccc(C6=CNCC=C6)cc5)NC(c5cc6ccccc6c6ccccc56)N4)cc3)c3ccccc23)CC1. The predicted molar refractivity (Wildman–Crippen MR) is 213 cm³/mol. The molecule has 1 aromatic heterocycles. The van der Waals surface area contributed by atoms with Gasteiger partial charge in [0.25, 0.3) is 0 Å². The van der Waals surface area contributed by atoms with Crippen LogP contribution in [-0.2, 0) is 6.42 Å². The number of para-hydroxylation sites is 1. The van der Waals surface area contributed by atoms with Gasteiger partial charge in [0.15, 0.2) is 0 Å². The van der Waals surface area contributed by atoms with E-state index in [9.17, 15) is 0 Å². The first-order valence-corrected chi connectivity index (χ1v) is 18.0. The van der Waals surface area contributed by atoms with Crippen LogP contribution in [-0.4, -0.2) is 11.1 Å².